The third-order valence-electron chi connectivity index (χ3n) is 4.29. The van der Waals surface area contributed by atoms with Crippen molar-refractivity contribution in [3.63, 3.8) is 0 Å². The maximum Gasteiger partial charge on any atom is 0.314 e. The molecule has 0 aromatic carbocycles. The van der Waals surface area contributed by atoms with Gasteiger partial charge in [0.1, 0.15) is 5.82 Å². The summed E-state index contributed by atoms with van der Waals surface area (Å²) in [4.78, 5) is 45.2. The predicted octanol–water partition coefficient (Wildman–Crippen LogP) is 1.42. The molecule has 144 valence electrons. The third-order valence-corrected chi connectivity index (χ3v) is 4.29. The van der Waals surface area contributed by atoms with Crippen LogP contribution in [0.1, 0.15) is 52.1 Å². The molecule has 27 heavy (non-hydrogen) atoms. The van der Waals surface area contributed by atoms with Gasteiger partial charge >= 0.3 is 11.8 Å². The van der Waals surface area contributed by atoms with E-state index in [4.69, 9.17) is 0 Å². The lowest BCUT2D eigenvalue weighted by atomic mass is 9.86. The van der Waals surface area contributed by atoms with E-state index in [9.17, 15) is 14.4 Å². The average Bonchev–Trinajstić information content (AvgIpc) is 2.93. The largest absolute Gasteiger partial charge is 0.343 e. The Bertz CT molecular complexity index is 859. The Balaban J connectivity index is 1.84. The molecule has 2 aliphatic rings. The zero-order valence-corrected chi connectivity index (χ0v) is 16.0. The molecule has 2 heterocycles. The average molecular weight is 372 g/mol. The molecule has 0 saturated heterocycles. The Labute approximate surface area is 157 Å². The number of carbonyl (C=O) groups excluding carboxylic acids is 3. The number of anilines is 1. The van der Waals surface area contributed by atoms with Crippen molar-refractivity contribution < 1.29 is 14.4 Å². The van der Waals surface area contributed by atoms with Crippen molar-refractivity contribution in [1.82, 2.24) is 15.1 Å². The number of aliphatic imine (C=N–C) groups is 2. The third kappa shape index (κ3) is 4.29. The molecule has 1 aliphatic carbocycles. The van der Waals surface area contributed by atoms with Gasteiger partial charge in [0.2, 0.25) is 0 Å². The minimum Gasteiger partial charge on any atom is -0.343 e. The van der Waals surface area contributed by atoms with Crippen molar-refractivity contribution in [3.8, 4) is 0 Å². The number of carbonyl (C=O) groups is 3. The molecule has 9 nitrogen and oxygen atoms in total. The van der Waals surface area contributed by atoms with E-state index in [0.29, 0.717) is 5.69 Å². The quantitative estimate of drug-likeness (QED) is 0.725. The summed E-state index contributed by atoms with van der Waals surface area (Å²) in [5.74, 6) is -1.69. The molecule has 9 heteroatoms. The Hall–Kier alpha value is -2.84. The SMILES string of the molecule is Cc1cc(NC(=O)C(=O)NC(C)(C)C)n(C2=NC(=O)C3CCCCC3=N2)n1. The van der Waals surface area contributed by atoms with Crippen LogP contribution < -0.4 is 10.6 Å². The number of hydrogen-bond acceptors (Lipinski definition) is 5. The van der Waals surface area contributed by atoms with Crippen molar-refractivity contribution in [3.05, 3.63) is 11.8 Å². The maximum atomic E-state index is 12.4. The summed E-state index contributed by atoms with van der Waals surface area (Å²) in [7, 11) is 0. The van der Waals surface area contributed by atoms with Crippen LogP contribution in [0.5, 0.6) is 0 Å². The Kier molecular flexibility index (Phi) is 4.95. The lowest BCUT2D eigenvalue weighted by Crippen LogP contribution is -2.46. The molecule has 1 unspecified atom stereocenters. The molecule has 1 aliphatic heterocycles. The highest BCUT2D eigenvalue weighted by atomic mass is 16.2. The van der Waals surface area contributed by atoms with Crippen molar-refractivity contribution >= 4 is 35.2 Å². The Morgan fingerprint density at radius 1 is 1.19 bits per heavy atom. The molecule has 1 atom stereocenters. The highest BCUT2D eigenvalue weighted by Gasteiger charge is 2.32. The molecule has 1 saturated carbocycles. The van der Waals surface area contributed by atoms with Gasteiger partial charge in [0.15, 0.2) is 0 Å². The van der Waals surface area contributed by atoms with Crippen molar-refractivity contribution in [1.29, 1.82) is 0 Å². The van der Waals surface area contributed by atoms with Crippen LogP contribution in [0.25, 0.3) is 0 Å². The molecule has 2 N–H and O–H groups in total. The van der Waals surface area contributed by atoms with Gasteiger partial charge in [0.05, 0.1) is 11.6 Å². The second-order valence-electron chi connectivity index (χ2n) is 7.89. The van der Waals surface area contributed by atoms with Crippen LogP contribution in [-0.2, 0) is 14.4 Å². The van der Waals surface area contributed by atoms with Crippen LogP contribution in [0, 0.1) is 12.8 Å². The lowest BCUT2D eigenvalue weighted by Gasteiger charge is -2.24. The van der Waals surface area contributed by atoms with Gasteiger partial charge in [-0.2, -0.15) is 14.8 Å². The molecule has 1 fully saturated rings. The zero-order valence-electron chi connectivity index (χ0n) is 16.0. The van der Waals surface area contributed by atoms with Crippen LogP contribution in [0.4, 0.5) is 5.82 Å². The Morgan fingerprint density at radius 3 is 2.63 bits per heavy atom. The van der Waals surface area contributed by atoms with E-state index in [2.05, 4.69) is 25.7 Å². The zero-order chi connectivity index (χ0) is 19.8. The van der Waals surface area contributed by atoms with E-state index in [0.717, 1.165) is 31.4 Å². The summed E-state index contributed by atoms with van der Waals surface area (Å²) >= 11 is 0. The summed E-state index contributed by atoms with van der Waals surface area (Å²) in [5, 5.41) is 9.40. The van der Waals surface area contributed by atoms with Crippen LogP contribution in [0.3, 0.4) is 0 Å². The lowest BCUT2D eigenvalue weighted by molar-refractivity contribution is -0.137. The molecule has 0 bridgehead atoms. The van der Waals surface area contributed by atoms with Gasteiger partial charge in [-0.15, -0.1) is 0 Å². The number of rotatable bonds is 1. The monoisotopic (exact) mass is 372 g/mol. The molecule has 1 aromatic heterocycles. The minimum absolute atomic E-state index is 0.118. The van der Waals surface area contributed by atoms with Gasteiger partial charge in [-0.05, 0) is 47.0 Å². The molecular formula is C18H24N6O3. The normalized spacial score (nSPS) is 19.7. The number of amides is 3. The van der Waals surface area contributed by atoms with E-state index in [-0.39, 0.29) is 23.6 Å². The molecule has 3 rings (SSSR count). The second kappa shape index (κ2) is 7.05. The summed E-state index contributed by atoms with van der Waals surface area (Å²) in [6.07, 6.45) is 3.50. The topological polar surface area (TPSA) is 118 Å². The molecule has 3 amide bonds. The van der Waals surface area contributed by atoms with Gasteiger partial charge in [-0.25, -0.2) is 4.99 Å². The fourth-order valence-corrected chi connectivity index (χ4v) is 3.13. The Morgan fingerprint density at radius 2 is 1.93 bits per heavy atom. The first kappa shape index (κ1) is 18.9. The standard InChI is InChI=1S/C18H24N6O3/c1-10-9-13(20-15(26)16(27)22-18(2,3)4)24(23-10)17-19-12-8-6-5-7-11(12)14(25)21-17/h9,11H,5-8H2,1-4H3,(H,20,26)(H,22,27). The number of aryl methyl sites for hydroxylation is 1. The summed E-state index contributed by atoms with van der Waals surface area (Å²) in [6.45, 7) is 7.09. The number of fused-ring (bicyclic) bond motifs is 1. The number of aromatic nitrogens is 2. The second-order valence-corrected chi connectivity index (χ2v) is 7.89. The van der Waals surface area contributed by atoms with Crippen LogP contribution >= 0.6 is 0 Å². The van der Waals surface area contributed by atoms with Crippen LogP contribution in [0.2, 0.25) is 0 Å². The van der Waals surface area contributed by atoms with Crippen molar-refractivity contribution in [2.45, 2.75) is 58.9 Å². The molecular weight excluding hydrogens is 348 g/mol. The first-order valence-electron chi connectivity index (χ1n) is 9.04. The number of hydrogen-bond donors (Lipinski definition) is 2. The van der Waals surface area contributed by atoms with E-state index in [1.165, 1.54) is 4.68 Å². The fraction of sp³-hybridized carbons (Fsp3) is 0.556. The summed E-state index contributed by atoms with van der Waals surface area (Å²) in [5.41, 5.74) is 0.877. The summed E-state index contributed by atoms with van der Waals surface area (Å²) < 4.78 is 1.30. The predicted molar refractivity (Wildman–Crippen MR) is 101 cm³/mol. The summed E-state index contributed by atoms with van der Waals surface area (Å²) in [6, 6.07) is 1.60. The van der Waals surface area contributed by atoms with E-state index in [1.54, 1.807) is 33.8 Å². The van der Waals surface area contributed by atoms with Crippen molar-refractivity contribution in [2.24, 2.45) is 15.9 Å². The molecule has 0 radical (unpaired) electrons. The molecule has 0 spiro atoms. The maximum absolute atomic E-state index is 12.4. The van der Waals surface area contributed by atoms with Gasteiger partial charge in [-0.3, -0.25) is 14.4 Å². The first-order valence-corrected chi connectivity index (χ1v) is 9.04. The van der Waals surface area contributed by atoms with E-state index < -0.39 is 17.4 Å². The van der Waals surface area contributed by atoms with Gasteiger partial charge < -0.3 is 10.6 Å². The number of nitrogens with one attached hydrogen (secondary N) is 2. The van der Waals surface area contributed by atoms with Crippen molar-refractivity contribution in [2.75, 3.05) is 5.32 Å². The fourth-order valence-electron chi connectivity index (χ4n) is 3.13. The van der Waals surface area contributed by atoms with Gasteiger partial charge in [0.25, 0.3) is 11.9 Å². The van der Waals surface area contributed by atoms with E-state index >= 15 is 0 Å². The van der Waals surface area contributed by atoms with Crippen LogP contribution in [0.15, 0.2) is 16.1 Å². The van der Waals surface area contributed by atoms with Crippen LogP contribution in [-0.4, -0.2) is 44.7 Å². The molecule has 1 aromatic rings. The highest BCUT2D eigenvalue weighted by molar-refractivity contribution is 6.39. The smallest absolute Gasteiger partial charge is 0.314 e. The van der Waals surface area contributed by atoms with Gasteiger partial charge in [-0.1, -0.05) is 6.42 Å². The highest BCUT2D eigenvalue weighted by Crippen LogP contribution is 2.26. The minimum atomic E-state index is -0.822. The van der Waals surface area contributed by atoms with E-state index in [1.807, 2.05) is 0 Å². The number of nitrogens with zero attached hydrogens (tertiary/aromatic N) is 4. The first-order chi connectivity index (χ1) is 12.6. The van der Waals surface area contributed by atoms with Gasteiger partial charge in [0, 0.05) is 17.3 Å².